The van der Waals surface area contributed by atoms with E-state index in [1.807, 2.05) is 6.92 Å². The van der Waals surface area contributed by atoms with Gasteiger partial charge in [-0.1, -0.05) is 6.92 Å². The number of nitrogens with zero attached hydrogens (tertiary/aromatic N) is 3. The fourth-order valence-corrected chi connectivity index (χ4v) is 2.15. The number of aryl methyl sites for hydroxylation is 1. The third-order valence-corrected chi connectivity index (χ3v) is 3.09. The molecule has 7 heteroatoms. The van der Waals surface area contributed by atoms with E-state index in [0.29, 0.717) is 18.7 Å². The molecule has 0 aliphatic heterocycles. The second kappa shape index (κ2) is 3.61. The molecule has 0 bridgehead atoms. The minimum absolute atomic E-state index is 0.0605. The summed E-state index contributed by atoms with van der Waals surface area (Å²) in [5.41, 5.74) is -1.85. The lowest BCUT2D eigenvalue weighted by molar-refractivity contribution is -0.180. The summed E-state index contributed by atoms with van der Waals surface area (Å²) in [6, 6.07) is 0. The summed E-state index contributed by atoms with van der Waals surface area (Å²) in [5.74, 6) is 0.322. The Morgan fingerprint density at radius 2 is 2.00 bits per heavy atom. The Labute approximate surface area is 95.6 Å². The quantitative estimate of drug-likeness (QED) is 0.829. The van der Waals surface area contributed by atoms with Crippen LogP contribution < -0.4 is 0 Å². The molecule has 1 saturated carbocycles. The SMILES string of the molecule is CCCc1nnc(Cl)n1C1(C(F)(F)F)CC1. The Hall–Kier alpha value is -0.780. The van der Waals surface area contributed by atoms with Crippen LogP contribution in [0.4, 0.5) is 13.2 Å². The molecule has 1 heterocycles. The number of halogens is 4. The lowest BCUT2D eigenvalue weighted by Crippen LogP contribution is -2.36. The molecule has 0 spiro atoms. The molecule has 1 fully saturated rings. The van der Waals surface area contributed by atoms with Gasteiger partial charge in [0.1, 0.15) is 11.4 Å². The third kappa shape index (κ3) is 1.59. The average Bonchev–Trinajstić information content (AvgIpc) is 2.89. The van der Waals surface area contributed by atoms with E-state index in [-0.39, 0.29) is 18.1 Å². The Balaban J connectivity index is 2.44. The van der Waals surface area contributed by atoms with Crippen molar-refractivity contribution >= 4 is 11.6 Å². The van der Waals surface area contributed by atoms with Gasteiger partial charge in [0.25, 0.3) is 0 Å². The minimum atomic E-state index is -4.29. The van der Waals surface area contributed by atoms with Crippen LogP contribution in [-0.2, 0) is 12.0 Å². The minimum Gasteiger partial charge on any atom is -0.286 e. The van der Waals surface area contributed by atoms with Crippen LogP contribution >= 0.6 is 11.6 Å². The molecule has 0 aromatic carbocycles. The van der Waals surface area contributed by atoms with E-state index in [1.165, 1.54) is 0 Å². The van der Waals surface area contributed by atoms with Crippen LogP contribution in [0.3, 0.4) is 0 Å². The van der Waals surface area contributed by atoms with Gasteiger partial charge in [0.15, 0.2) is 0 Å². The van der Waals surface area contributed by atoms with Gasteiger partial charge >= 0.3 is 6.18 Å². The van der Waals surface area contributed by atoms with Gasteiger partial charge in [-0.25, -0.2) is 0 Å². The van der Waals surface area contributed by atoms with Crippen LogP contribution in [0.15, 0.2) is 0 Å². The highest BCUT2D eigenvalue weighted by atomic mass is 35.5. The molecule has 90 valence electrons. The van der Waals surface area contributed by atoms with Crippen LogP contribution in [0, 0.1) is 0 Å². The number of hydrogen-bond acceptors (Lipinski definition) is 2. The van der Waals surface area contributed by atoms with Crippen LogP contribution in [0.1, 0.15) is 32.0 Å². The second-order valence-corrected chi connectivity index (χ2v) is 4.34. The van der Waals surface area contributed by atoms with Gasteiger partial charge < -0.3 is 0 Å². The highest BCUT2D eigenvalue weighted by molar-refractivity contribution is 6.28. The Morgan fingerprint density at radius 1 is 1.38 bits per heavy atom. The maximum absolute atomic E-state index is 12.9. The van der Waals surface area contributed by atoms with Crippen molar-refractivity contribution in [3.8, 4) is 0 Å². The molecule has 3 nitrogen and oxygen atoms in total. The van der Waals surface area contributed by atoms with E-state index in [9.17, 15) is 13.2 Å². The van der Waals surface area contributed by atoms with Gasteiger partial charge in [0.2, 0.25) is 5.28 Å². The first-order chi connectivity index (χ1) is 7.42. The normalized spacial score (nSPS) is 18.8. The first kappa shape index (κ1) is 11.7. The van der Waals surface area contributed by atoms with Crippen molar-refractivity contribution in [2.24, 2.45) is 0 Å². The lowest BCUT2D eigenvalue weighted by atomic mass is 10.2. The zero-order valence-electron chi connectivity index (χ0n) is 8.68. The van der Waals surface area contributed by atoms with Crippen molar-refractivity contribution < 1.29 is 13.2 Å². The smallest absolute Gasteiger partial charge is 0.286 e. The Bertz CT molecular complexity index is 395. The zero-order chi connectivity index (χ0) is 12.0. The summed E-state index contributed by atoms with van der Waals surface area (Å²) in [4.78, 5) is 0. The summed E-state index contributed by atoms with van der Waals surface area (Å²) >= 11 is 5.70. The lowest BCUT2D eigenvalue weighted by Gasteiger charge is -2.22. The van der Waals surface area contributed by atoms with E-state index in [0.717, 1.165) is 4.57 Å². The highest BCUT2D eigenvalue weighted by Gasteiger charge is 2.66. The maximum Gasteiger partial charge on any atom is 0.412 e. The molecule has 0 N–H and O–H groups in total. The van der Waals surface area contributed by atoms with Crippen molar-refractivity contribution in [1.29, 1.82) is 0 Å². The molecule has 0 unspecified atom stereocenters. The second-order valence-electron chi connectivity index (χ2n) is 4.00. The maximum atomic E-state index is 12.9. The van der Waals surface area contributed by atoms with Crippen LogP contribution in [0.25, 0.3) is 0 Å². The molecular formula is C9H11ClF3N3. The predicted octanol–water partition coefficient (Wildman–Crippen LogP) is 2.94. The fraction of sp³-hybridized carbons (Fsp3) is 0.778. The number of rotatable bonds is 3. The molecule has 0 radical (unpaired) electrons. The van der Waals surface area contributed by atoms with Gasteiger partial charge in [-0.2, -0.15) is 13.2 Å². The van der Waals surface area contributed by atoms with Crippen molar-refractivity contribution in [3.05, 3.63) is 11.1 Å². The molecule has 1 aliphatic rings. The van der Waals surface area contributed by atoms with Crippen LogP contribution in [0.5, 0.6) is 0 Å². The molecule has 1 aromatic rings. The van der Waals surface area contributed by atoms with Crippen LogP contribution in [-0.4, -0.2) is 20.9 Å². The van der Waals surface area contributed by atoms with E-state index in [4.69, 9.17) is 11.6 Å². The Kier molecular flexibility index (Phi) is 2.64. The summed E-state index contributed by atoms with van der Waals surface area (Å²) in [6.07, 6.45) is -3.00. The molecule has 1 aliphatic carbocycles. The number of hydrogen-bond donors (Lipinski definition) is 0. The molecule has 16 heavy (non-hydrogen) atoms. The molecule has 2 rings (SSSR count). The Morgan fingerprint density at radius 3 is 2.44 bits per heavy atom. The van der Waals surface area contributed by atoms with Crippen molar-refractivity contribution in [2.75, 3.05) is 0 Å². The zero-order valence-corrected chi connectivity index (χ0v) is 9.44. The van der Waals surface area contributed by atoms with E-state index in [2.05, 4.69) is 10.2 Å². The van der Waals surface area contributed by atoms with Crippen molar-refractivity contribution in [2.45, 2.75) is 44.3 Å². The predicted molar refractivity (Wildman–Crippen MR) is 52.3 cm³/mol. The number of aromatic nitrogens is 3. The van der Waals surface area contributed by atoms with Gasteiger partial charge in [-0.15, -0.1) is 10.2 Å². The van der Waals surface area contributed by atoms with Gasteiger partial charge in [-0.05, 0) is 30.9 Å². The molecule has 0 saturated heterocycles. The van der Waals surface area contributed by atoms with E-state index in [1.54, 1.807) is 0 Å². The largest absolute Gasteiger partial charge is 0.412 e. The fourth-order valence-electron chi connectivity index (χ4n) is 1.86. The average molecular weight is 254 g/mol. The first-order valence-corrected chi connectivity index (χ1v) is 5.47. The summed E-state index contributed by atoms with van der Waals surface area (Å²) in [6.45, 7) is 1.88. The summed E-state index contributed by atoms with van der Waals surface area (Å²) in [7, 11) is 0. The molecule has 1 aromatic heterocycles. The molecule has 0 amide bonds. The van der Waals surface area contributed by atoms with Crippen LogP contribution in [0.2, 0.25) is 5.28 Å². The van der Waals surface area contributed by atoms with Gasteiger partial charge in [0, 0.05) is 6.42 Å². The summed E-state index contributed by atoms with van der Waals surface area (Å²) in [5, 5.41) is 7.07. The standard InChI is InChI=1S/C9H11ClF3N3/c1-2-3-6-14-15-7(10)16(6)8(4-5-8)9(11,12)13/h2-5H2,1H3. The van der Waals surface area contributed by atoms with Gasteiger partial charge in [-0.3, -0.25) is 4.57 Å². The molecule has 0 atom stereocenters. The first-order valence-electron chi connectivity index (χ1n) is 5.09. The monoisotopic (exact) mass is 253 g/mol. The van der Waals surface area contributed by atoms with Crippen molar-refractivity contribution in [3.63, 3.8) is 0 Å². The van der Waals surface area contributed by atoms with Crippen molar-refractivity contribution in [1.82, 2.24) is 14.8 Å². The number of alkyl halides is 3. The van der Waals surface area contributed by atoms with E-state index < -0.39 is 11.7 Å². The highest BCUT2D eigenvalue weighted by Crippen LogP contribution is 2.56. The van der Waals surface area contributed by atoms with E-state index >= 15 is 0 Å². The van der Waals surface area contributed by atoms with Gasteiger partial charge in [0.05, 0.1) is 0 Å². The third-order valence-electron chi connectivity index (χ3n) is 2.84. The molecular weight excluding hydrogens is 243 g/mol. The topological polar surface area (TPSA) is 30.7 Å². The summed E-state index contributed by atoms with van der Waals surface area (Å²) < 4.78 is 39.8.